The van der Waals surface area contributed by atoms with Crippen LogP contribution in [0.2, 0.25) is 0 Å². The summed E-state index contributed by atoms with van der Waals surface area (Å²) in [5, 5.41) is 7.95. The van der Waals surface area contributed by atoms with Gasteiger partial charge in [0.05, 0.1) is 25.0 Å². The van der Waals surface area contributed by atoms with Gasteiger partial charge >= 0.3 is 6.18 Å². The van der Waals surface area contributed by atoms with Gasteiger partial charge in [-0.25, -0.2) is 0 Å². The number of alkyl halides is 3. The molecule has 29 heavy (non-hydrogen) atoms. The van der Waals surface area contributed by atoms with E-state index in [1.54, 1.807) is 18.2 Å². The Morgan fingerprint density at radius 1 is 1.00 bits per heavy atom. The Kier molecular flexibility index (Phi) is 7.29. The molecule has 0 fully saturated rings. The number of methoxy groups -OCH3 is 1. The standard InChI is InChI=1S/C19H20F3N3O4/c1-12(26)24-13-7-8-16(28-2)15(9-13)25-18(27)10-23-14-5-3-4-6-17(14)29-11-19(20,21)22/h3-9,23H,10-11H2,1-2H3,(H,24,26)(H,25,27). The molecule has 0 saturated heterocycles. The summed E-state index contributed by atoms with van der Waals surface area (Å²) in [7, 11) is 1.43. The van der Waals surface area contributed by atoms with Gasteiger partial charge in [0.15, 0.2) is 6.61 Å². The average molecular weight is 411 g/mol. The van der Waals surface area contributed by atoms with Gasteiger partial charge in [-0.2, -0.15) is 13.2 Å². The Hall–Kier alpha value is -3.43. The molecule has 2 rings (SSSR count). The Labute approximate surface area is 165 Å². The normalized spacial score (nSPS) is 10.8. The van der Waals surface area contributed by atoms with Crippen molar-refractivity contribution in [2.75, 3.05) is 36.2 Å². The summed E-state index contributed by atoms with van der Waals surface area (Å²) in [4.78, 5) is 23.5. The van der Waals surface area contributed by atoms with Crippen LogP contribution >= 0.6 is 0 Å². The molecule has 3 N–H and O–H groups in total. The summed E-state index contributed by atoms with van der Waals surface area (Å²) < 4.78 is 47.0. The first kappa shape index (κ1) is 21.9. The fourth-order valence-electron chi connectivity index (χ4n) is 2.35. The van der Waals surface area contributed by atoms with Crippen LogP contribution in [0, 0.1) is 0 Å². The largest absolute Gasteiger partial charge is 0.495 e. The van der Waals surface area contributed by atoms with Crippen LogP contribution in [0.1, 0.15) is 6.92 Å². The first-order chi connectivity index (χ1) is 13.7. The molecule has 10 heteroatoms. The predicted molar refractivity (Wildman–Crippen MR) is 102 cm³/mol. The zero-order chi connectivity index (χ0) is 21.4. The summed E-state index contributed by atoms with van der Waals surface area (Å²) in [5.41, 5.74) is 1.03. The van der Waals surface area contributed by atoms with E-state index in [2.05, 4.69) is 16.0 Å². The van der Waals surface area contributed by atoms with E-state index in [4.69, 9.17) is 9.47 Å². The molecule has 2 amide bonds. The van der Waals surface area contributed by atoms with Gasteiger partial charge in [-0.3, -0.25) is 9.59 Å². The molecule has 156 valence electrons. The quantitative estimate of drug-likeness (QED) is 0.617. The van der Waals surface area contributed by atoms with Gasteiger partial charge in [-0.1, -0.05) is 12.1 Å². The molecular weight excluding hydrogens is 391 g/mol. The maximum absolute atomic E-state index is 12.4. The molecule has 0 heterocycles. The minimum Gasteiger partial charge on any atom is -0.495 e. The van der Waals surface area contributed by atoms with Crippen LogP contribution in [0.15, 0.2) is 42.5 Å². The zero-order valence-electron chi connectivity index (χ0n) is 15.7. The third-order valence-electron chi connectivity index (χ3n) is 3.51. The first-order valence-electron chi connectivity index (χ1n) is 8.46. The van der Waals surface area contributed by atoms with Gasteiger partial charge in [0.2, 0.25) is 11.8 Å². The van der Waals surface area contributed by atoms with Crippen molar-refractivity contribution in [3.05, 3.63) is 42.5 Å². The molecule has 0 radical (unpaired) electrons. The molecule has 7 nitrogen and oxygen atoms in total. The summed E-state index contributed by atoms with van der Waals surface area (Å²) in [6, 6.07) is 10.7. The number of ether oxygens (including phenoxy) is 2. The van der Waals surface area contributed by atoms with Gasteiger partial charge < -0.3 is 25.4 Å². The number of benzene rings is 2. The fourth-order valence-corrected chi connectivity index (χ4v) is 2.35. The van der Waals surface area contributed by atoms with Crippen molar-refractivity contribution in [2.24, 2.45) is 0 Å². The third-order valence-corrected chi connectivity index (χ3v) is 3.51. The van der Waals surface area contributed by atoms with E-state index in [0.717, 1.165) is 0 Å². The zero-order valence-corrected chi connectivity index (χ0v) is 15.7. The summed E-state index contributed by atoms with van der Waals surface area (Å²) in [5.74, 6) is -0.400. The number of carbonyl (C=O) groups is 2. The molecule has 0 atom stereocenters. The molecular formula is C19H20F3N3O4. The maximum atomic E-state index is 12.4. The minimum absolute atomic E-state index is 0.0251. The molecule has 0 aromatic heterocycles. The van der Waals surface area contributed by atoms with E-state index in [1.165, 1.54) is 38.3 Å². The Bertz CT molecular complexity index is 872. The second-order valence-corrected chi connectivity index (χ2v) is 5.90. The van der Waals surface area contributed by atoms with Crippen molar-refractivity contribution < 1.29 is 32.2 Å². The third kappa shape index (κ3) is 7.24. The highest BCUT2D eigenvalue weighted by Crippen LogP contribution is 2.28. The van der Waals surface area contributed by atoms with E-state index in [9.17, 15) is 22.8 Å². The number of nitrogens with one attached hydrogen (secondary N) is 3. The van der Waals surface area contributed by atoms with Crippen molar-refractivity contribution in [3.8, 4) is 11.5 Å². The van der Waals surface area contributed by atoms with Crippen LogP contribution in [0.4, 0.5) is 30.2 Å². The van der Waals surface area contributed by atoms with Crippen LogP contribution in [0.3, 0.4) is 0 Å². The Morgan fingerprint density at radius 2 is 1.72 bits per heavy atom. The van der Waals surface area contributed by atoms with Gasteiger partial charge in [0.25, 0.3) is 0 Å². The number of carbonyl (C=O) groups excluding carboxylic acids is 2. The molecule has 2 aromatic rings. The summed E-state index contributed by atoms with van der Waals surface area (Å²) >= 11 is 0. The molecule has 0 unspecified atom stereocenters. The summed E-state index contributed by atoms with van der Waals surface area (Å²) in [6.45, 7) is -0.324. The lowest BCUT2D eigenvalue weighted by Crippen LogP contribution is -2.23. The number of amides is 2. The van der Waals surface area contributed by atoms with E-state index in [0.29, 0.717) is 17.1 Å². The van der Waals surface area contributed by atoms with Crippen molar-refractivity contribution in [1.82, 2.24) is 0 Å². The van der Waals surface area contributed by atoms with Gasteiger partial charge in [-0.15, -0.1) is 0 Å². The van der Waals surface area contributed by atoms with Crippen LogP contribution in [0.5, 0.6) is 11.5 Å². The highest BCUT2D eigenvalue weighted by atomic mass is 19.4. The molecule has 0 aliphatic heterocycles. The molecule has 0 aliphatic rings. The highest BCUT2D eigenvalue weighted by Gasteiger charge is 2.28. The topological polar surface area (TPSA) is 88.7 Å². The monoisotopic (exact) mass is 411 g/mol. The molecule has 0 bridgehead atoms. The first-order valence-corrected chi connectivity index (χ1v) is 8.46. The fraction of sp³-hybridized carbons (Fsp3) is 0.263. The van der Waals surface area contributed by atoms with Crippen molar-refractivity contribution in [3.63, 3.8) is 0 Å². The summed E-state index contributed by atoms with van der Waals surface area (Å²) in [6.07, 6.45) is -4.47. The Balaban J connectivity index is 2.03. The number of hydrogen-bond donors (Lipinski definition) is 3. The molecule has 0 aliphatic carbocycles. The van der Waals surface area contributed by atoms with Crippen molar-refractivity contribution in [1.29, 1.82) is 0 Å². The number of hydrogen-bond acceptors (Lipinski definition) is 5. The van der Waals surface area contributed by atoms with E-state index in [1.807, 2.05) is 0 Å². The van der Waals surface area contributed by atoms with Crippen LogP contribution in [-0.2, 0) is 9.59 Å². The molecule has 2 aromatic carbocycles. The SMILES string of the molecule is COc1ccc(NC(C)=O)cc1NC(=O)CNc1ccccc1OCC(F)(F)F. The average Bonchev–Trinajstić information content (AvgIpc) is 2.64. The minimum atomic E-state index is -4.47. The number of rotatable bonds is 8. The van der Waals surface area contributed by atoms with Crippen LogP contribution in [-0.4, -0.2) is 38.3 Å². The maximum Gasteiger partial charge on any atom is 0.422 e. The second-order valence-electron chi connectivity index (χ2n) is 5.90. The number of anilines is 3. The number of para-hydroxylation sites is 2. The van der Waals surface area contributed by atoms with Gasteiger partial charge in [0.1, 0.15) is 11.5 Å². The lowest BCUT2D eigenvalue weighted by atomic mass is 10.2. The smallest absolute Gasteiger partial charge is 0.422 e. The second kappa shape index (κ2) is 9.67. The van der Waals surface area contributed by atoms with Crippen molar-refractivity contribution in [2.45, 2.75) is 13.1 Å². The van der Waals surface area contributed by atoms with Gasteiger partial charge in [0, 0.05) is 12.6 Å². The molecule has 0 spiro atoms. The van der Waals surface area contributed by atoms with Gasteiger partial charge in [-0.05, 0) is 30.3 Å². The lowest BCUT2D eigenvalue weighted by molar-refractivity contribution is -0.153. The van der Waals surface area contributed by atoms with E-state index < -0.39 is 18.7 Å². The number of halogens is 3. The van der Waals surface area contributed by atoms with E-state index in [-0.39, 0.29) is 23.9 Å². The van der Waals surface area contributed by atoms with Crippen LogP contribution in [0.25, 0.3) is 0 Å². The van der Waals surface area contributed by atoms with Crippen LogP contribution < -0.4 is 25.4 Å². The highest BCUT2D eigenvalue weighted by molar-refractivity contribution is 5.97. The molecule has 0 saturated carbocycles. The van der Waals surface area contributed by atoms with E-state index >= 15 is 0 Å². The predicted octanol–water partition coefficient (Wildman–Crippen LogP) is 3.65. The lowest BCUT2D eigenvalue weighted by Gasteiger charge is -2.15. The Morgan fingerprint density at radius 3 is 2.38 bits per heavy atom. The van der Waals surface area contributed by atoms with Crippen molar-refractivity contribution >= 4 is 28.9 Å².